The topological polar surface area (TPSA) is 124 Å². The minimum atomic E-state index is -0.683. The summed E-state index contributed by atoms with van der Waals surface area (Å²) in [6.07, 6.45) is 2.84. The number of benzene rings is 2. The first-order valence-electron chi connectivity index (χ1n) is 15.9. The van der Waals surface area contributed by atoms with E-state index in [-0.39, 0.29) is 29.0 Å². The number of likely N-dealkylation sites (tertiary alicyclic amines) is 1. The summed E-state index contributed by atoms with van der Waals surface area (Å²) in [6, 6.07) is 13.7. The monoisotopic (exact) mass is 639 g/mol. The molecule has 1 saturated heterocycles. The van der Waals surface area contributed by atoms with Gasteiger partial charge in [0.2, 0.25) is 23.0 Å². The number of nitrogens with zero attached hydrogens (tertiary/aromatic N) is 3. The Bertz CT molecular complexity index is 1920. The molecular formula is C36H41N5O6. The number of ether oxygens (including phenoxy) is 3. The van der Waals surface area contributed by atoms with Gasteiger partial charge in [-0.3, -0.25) is 14.4 Å². The van der Waals surface area contributed by atoms with Crippen molar-refractivity contribution in [3.05, 3.63) is 75.7 Å². The Morgan fingerprint density at radius 3 is 2.47 bits per heavy atom. The fourth-order valence-electron chi connectivity index (χ4n) is 7.13. The van der Waals surface area contributed by atoms with Gasteiger partial charge in [-0.05, 0) is 79.6 Å². The summed E-state index contributed by atoms with van der Waals surface area (Å²) in [5.41, 5.74) is 4.98. The highest BCUT2D eigenvalue weighted by Crippen LogP contribution is 2.50. The van der Waals surface area contributed by atoms with Crippen molar-refractivity contribution in [2.24, 2.45) is 7.05 Å². The van der Waals surface area contributed by atoms with Gasteiger partial charge in [0, 0.05) is 26.1 Å². The third-order valence-electron chi connectivity index (χ3n) is 9.31. The Kier molecular flexibility index (Phi) is 8.81. The molecule has 3 aromatic carbocycles. The van der Waals surface area contributed by atoms with E-state index in [1.807, 2.05) is 48.3 Å². The molecule has 4 aromatic rings. The number of carbonyl (C=O) groups excluding carboxylic acids is 2. The van der Waals surface area contributed by atoms with Crippen LogP contribution in [0.1, 0.15) is 62.1 Å². The van der Waals surface area contributed by atoms with Gasteiger partial charge in [-0.25, -0.2) is 4.98 Å². The van der Waals surface area contributed by atoms with Gasteiger partial charge in [0.05, 0.1) is 50.1 Å². The number of methoxy groups -OCH3 is 3. The van der Waals surface area contributed by atoms with E-state index in [1.165, 1.54) is 6.92 Å². The molecule has 0 saturated carbocycles. The van der Waals surface area contributed by atoms with Gasteiger partial charge in [-0.1, -0.05) is 18.2 Å². The molecule has 246 valence electrons. The molecule has 0 bridgehead atoms. The molecule has 1 aliphatic heterocycles. The van der Waals surface area contributed by atoms with E-state index in [9.17, 15) is 14.4 Å². The number of para-hydroxylation sites is 2. The smallest absolute Gasteiger partial charge is 0.245 e. The number of amides is 2. The van der Waals surface area contributed by atoms with Crippen LogP contribution in [-0.4, -0.2) is 60.2 Å². The number of carbonyl (C=O) groups is 2. The number of hydrogen-bond donors (Lipinski definition) is 2. The van der Waals surface area contributed by atoms with E-state index >= 15 is 0 Å². The molecule has 3 unspecified atom stereocenters. The second-order valence-corrected chi connectivity index (χ2v) is 12.2. The van der Waals surface area contributed by atoms with Crippen molar-refractivity contribution in [1.29, 1.82) is 0 Å². The van der Waals surface area contributed by atoms with Crippen LogP contribution in [0.2, 0.25) is 0 Å². The third kappa shape index (κ3) is 5.75. The zero-order chi connectivity index (χ0) is 33.4. The van der Waals surface area contributed by atoms with Crippen LogP contribution in [0.15, 0.2) is 53.3 Å². The highest BCUT2D eigenvalue weighted by molar-refractivity contribution is 5.86. The number of fused-ring (bicyclic) bond motifs is 4. The molecule has 3 atom stereocenters. The zero-order valence-electron chi connectivity index (χ0n) is 27.7. The molecule has 2 amide bonds. The Labute approximate surface area is 273 Å². The molecule has 0 spiro atoms. The maximum absolute atomic E-state index is 13.9. The van der Waals surface area contributed by atoms with E-state index < -0.39 is 12.1 Å². The van der Waals surface area contributed by atoms with Crippen molar-refractivity contribution >= 4 is 28.5 Å². The number of hydrogen-bond acceptors (Lipinski definition) is 8. The molecule has 2 N–H and O–H groups in total. The number of anilines is 1. The van der Waals surface area contributed by atoms with Crippen LogP contribution in [0.25, 0.3) is 22.2 Å². The first-order valence-corrected chi connectivity index (χ1v) is 15.9. The van der Waals surface area contributed by atoms with Crippen LogP contribution in [0, 0.1) is 0 Å². The number of aromatic nitrogens is 2. The molecule has 0 radical (unpaired) electrons. The van der Waals surface area contributed by atoms with Crippen LogP contribution in [0.3, 0.4) is 0 Å². The maximum Gasteiger partial charge on any atom is 0.245 e. The minimum Gasteiger partial charge on any atom is -0.493 e. The molecule has 1 fully saturated rings. The van der Waals surface area contributed by atoms with E-state index in [4.69, 9.17) is 19.2 Å². The highest BCUT2D eigenvalue weighted by Gasteiger charge is 2.36. The maximum atomic E-state index is 13.9. The van der Waals surface area contributed by atoms with Gasteiger partial charge < -0.3 is 34.3 Å². The van der Waals surface area contributed by atoms with Gasteiger partial charge in [0.15, 0.2) is 11.5 Å². The second-order valence-electron chi connectivity index (χ2n) is 12.2. The minimum absolute atomic E-state index is 0.105. The standard InChI is InChI=1S/C36H41N5O6/c1-20(36(44)41-17-9-12-29(41)35-39-26-10-7-8-11-28(26)40(35)3)37-27-16-14-23-24(19-30(27)43)25(38-21(2)42)15-13-22-18-31(45-4)33(46-5)34(47-6)32(22)23/h7-8,10-11,14,16,18-20,25,29H,9,12-13,15,17H2,1-6H3,(H,37,43)(H,38,42). The van der Waals surface area contributed by atoms with Crippen LogP contribution in [0.5, 0.6) is 17.2 Å². The van der Waals surface area contributed by atoms with E-state index in [1.54, 1.807) is 40.4 Å². The molecule has 11 nitrogen and oxygen atoms in total. The number of imidazole rings is 1. The largest absolute Gasteiger partial charge is 0.493 e. The van der Waals surface area contributed by atoms with Crippen molar-refractivity contribution in [1.82, 2.24) is 19.8 Å². The summed E-state index contributed by atoms with van der Waals surface area (Å²) in [7, 11) is 6.67. The summed E-state index contributed by atoms with van der Waals surface area (Å²) >= 11 is 0. The Morgan fingerprint density at radius 1 is 1.00 bits per heavy atom. The van der Waals surface area contributed by atoms with Crippen LogP contribution < -0.4 is 30.3 Å². The molecule has 1 aliphatic carbocycles. The lowest BCUT2D eigenvalue weighted by molar-refractivity contribution is -0.132. The van der Waals surface area contributed by atoms with Crippen molar-refractivity contribution in [2.45, 2.75) is 57.7 Å². The fraction of sp³-hybridized carbons (Fsp3) is 0.389. The summed E-state index contributed by atoms with van der Waals surface area (Å²) in [5, 5.41) is 6.24. The predicted octanol–water partition coefficient (Wildman–Crippen LogP) is 4.91. The number of aryl methyl sites for hydroxylation is 2. The van der Waals surface area contributed by atoms with Crippen molar-refractivity contribution in [2.75, 3.05) is 33.2 Å². The molecule has 2 aliphatic rings. The summed E-state index contributed by atoms with van der Waals surface area (Å²) in [6.45, 7) is 3.85. The highest BCUT2D eigenvalue weighted by atomic mass is 16.5. The van der Waals surface area contributed by atoms with Gasteiger partial charge >= 0.3 is 0 Å². The van der Waals surface area contributed by atoms with Gasteiger partial charge in [-0.2, -0.15) is 0 Å². The third-order valence-corrected chi connectivity index (χ3v) is 9.31. The molecule has 6 rings (SSSR count). The zero-order valence-corrected chi connectivity index (χ0v) is 27.7. The quantitative estimate of drug-likeness (QED) is 0.279. The number of rotatable bonds is 8. The first kappa shape index (κ1) is 31.9. The SMILES string of the molecule is COc1cc2c(c(OC)c1OC)-c1ccc(NC(C)C(=O)N3CCCC3c3nc4ccccc4n3C)c(=O)cc1C(NC(C)=O)CC2. The molecular weight excluding hydrogens is 598 g/mol. The summed E-state index contributed by atoms with van der Waals surface area (Å²) in [4.78, 5) is 46.8. The van der Waals surface area contributed by atoms with Crippen LogP contribution in [0.4, 0.5) is 5.69 Å². The lowest BCUT2D eigenvalue weighted by Gasteiger charge is -2.27. The fourth-order valence-corrected chi connectivity index (χ4v) is 7.13. The van der Waals surface area contributed by atoms with Gasteiger partial charge in [0.25, 0.3) is 0 Å². The number of nitrogens with one attached hydrogen (secondary N) is 2. The van der Waals surface area contributed by atoms with Crippen LogP contribution in [-0.2, 0) is 23.1 Å². The van der Waals surface area contributed by atoms with E-state index in [0.29, 0.717) is 42.2 Å². The first-order chi connectivity index (χ1) is 22.7. The molecule has 11 heteroatoms. The lowest BCUT2D eigenvalue weighted by Crippen LogP contribution is -2.42. The van der Waals surface area contributed by atoms with Crippen molar-refractivity contribution in [3.8, 4) is 28.4 Å². The van der Waals surface area contributed by atoms with Crippen molar-refractivity contribution in [3.63, 3.8) is 0 Å². The van der Waals surface area contributed by atoms with Gasteiger partial charge in [-0.15, -0.1) is 0 Å². The average molecular weight is 640 g/mol. The molecule has 2 heterocycles. The lowest BCUT2D eigenvalue weighted by atomic mass is 9.95. The molecule has 1 aromatic heterocycles. The predicted molar refractivity (Wildman–Crippen MR) is 180 cm³/mol. The van der Waals surface area contributed by atoms with E-state index in [0.717, 1.165) is 46.4 Å². The second kappa shape index (κ2) is 13.0. The normalized spacial score (nSPS) is 17.7. The van der Waals surface area contributed by atoms with Gasteiger partial charge in [0.1, 0.15) is 11.9 Å². The van der Waals surface area contributed by atoms with Crippen LogP contribution >= 0.6 is 0 Å². The Balaban J connectivity index is 1.37. The Morgan fingerprint density at radius 2 is 1.77 bits per heavy atom. The summed E-state index contributed by atoms with van der Waals surface area (Å²) < 4.78 is 19.2. The average Bonchev–Trinajstić information content (AvgIpc) is 3.60. The Hall–Kier alpha value is -5.06. The van der Waals surface area contributed by atoms with E-state index in [2.05, 4.69) is 15.2 Å². The summed E-state index contributed by atoms with van der Waals surface area (Å²) in [5.74, 6) is 1.99. The molecule has 47 heavy (non-hydrogen) atoms. The van der Waals surface area contributed by atoms with Crippen molar-refractivity contribution < 1.29 is 23.8 Å².